The van der Waals surface area contributed by atoms with Gasteiger partial charge in [0.1, 0.15) is 5.76 Å². The Bertz CT molecular complexity index is 755. The van der Waals surface area contributed by atoms with Crippen molar-refractivity contribution in [3.63, 3.8) is 0 Å². The van der Waals surface area contributed by atoms with Crippen molar-refractivity contribution >= 4 is 11.6 Å². The molecule has 1 aromatic heterocycles. The number of fused-ring (bicyclic) bond motifs is 1. The van der Waals surface area contributed by atoms with E-state index < -0.39 is 18.2 Å². The minimum absolute atomic E-state index is 0.147. The molecule has 0 fully saturated rings. The maximum atomic E-state index is 12.6. The summed E-state index contributed by atoms with van der Waals surface area (Å²) in [5, 5.41) is 15.6. The smallest absolute Gasteiger partial charge is 0.379 e. The molecule has 24 heavy (non-hydrogen) atoms. The van der Waals surface area contributed by atoms with Crippen LogP contribution < -0.4 is 5.32 Å². The number of anilines is 1. The molecule has 5 nitrogen and oxygen atoms in total. The summed E-state index contributed by atoms with van der Waals surface area (Å²) < 4.78 is 42.9. The van der Waals surface area contributed by atoms with Gasteiger partial charge in [-0.2, -0.15) is 13.2 Å². The van der Waals surface area contributed by atoms with Gasteiger partial charge in [0.2, 0.25) is 0 Å². The minimum atomic E-state index is -4.77. The highest BCUT2D eigenvalue weighted by Crippen LogP contribution is 2.33. The van der Waals surface area contributed by atoms with E-state index in [1.165, 1.54) is 12.1 Å². The van der Waals surface area contributed by atoms with E-state index in [0.29, 0.717) is 12.2 Å². The van der Waals surface area contributed by atoms with Crippen molar-refractivity contribution in [3.05, 3.63) is 46.8 Å². The van der Waals surface area contributed by atoms with Crippen molar-refractivity contribution in [1.29, 1.82) is 0 Å². The van der Waals surface area contributed by atoms with E-state index in [-0.39, 0.29) is 16.9 Å². The molecule has 0 bridgehead atoms. The highest BCUT2D eigenvalue weighted by atomic mass is 19.4. The van der Waals surface area contributed by atoms with Gasteiger partial charge >= 0.3 is 6.18 Å². The largest absolute Gasteiger partial charge is 0.418 e. The average molecular weight is 340 g/mol. The molecule has 0 spiro atoms. The Morgan fingerprint density at radius 2 is 2.04 bits per heavy atom. The predicted octanol–water partition coefficient (Wildman–Crippen LogP) is 3.40. The number of nitrogens with zero attached hydrogens (tertiary/aromatic N) is 1. The summed E-state index contributed by atoms with van der Waals surface area (Å²) in [7, 11) is 0. The maximum Gasteiger partial charge on any atom is 0.418 e. The van der Waals surface area contributed by atoms with Gasteiger partial charge in [0.15, 0.2) is 11.8 Å². The number of aliphatic hydroxyl groups is 1. The van der Waals surface area contributed by atoms with E-state index in [9.17, 15) is 23.1 Å². The number of benzene rings is 1. The topological polar surface area (TPSA) is 75.4 Å². The Balaban J connectivity index is 1.79. The van der Waals surface area contributed by atoms with Gasteiger partial charge < -0.3 is 14.9 Å². The van der Waals surface area contributed by atoms with E-state index in [4.69, 9.17) is 4.52 Å². The van der Waals surface area contributed by atoms with Gasteiger partial charge in [-0.25, -0.2) is 0 Å². The predicted molar refractivity (Wildman–Crippen MR) is 78.6 cm³/mol. The lowest BCUT2D eigenvalue weighted by Gasteiger charge is -2.15. The van der Waals surface area contributed by atoms with Crippen molar-refractivity contribution in [2.75, 3.05) is 5.32 Å². The molecule has 8 heteroatoms. The Kier molecular flexibility index (Phi) is 4.31. The number of carbonyl (C=O) groups is 1. The van der Waals surface area contributed by atoms with Crippen molar-refractivity contribution in [2.45, 2.75) is 38.0 Å². The molecular weight excluding hydrogens is 325 g/mol. The number of alkyl halides is 3. The number of rotatable bonds is 3. The summed E-state index contributed by atoms with van der Waals surface area (Å²) in [5.41, 5.74) is 0.715. The van der Waals surface area contributed by atoms with E-state index >= 15 is 0 Å². The van der Waals surface area contributed by atoms with E-state index in [1.807, 2.05) is 0 Å². The van der Waals surface area contributed by atoms with Crippen LogP contribution in [0.2, 0.25) is 0 Å². The molecule has 1 aromatic carbocycles. The molecule has 0 radical (unpaired) electrons. The summed E-state index contributed by atoms with van der Waals surface area (Å²) in [4.78, 5) is 12.3. The van der Waals surface area contributed by atoms with Crippen molar-refractivity contribution in [3.8, 4) is 0 Å². The van der Waals surface area contributed by atoms with Crippen LogP contribution in [0.15, 0.2) is 28.8 Å². The summed E-state index contributed by atoms with van der Waals surface area (Å²) >= 11 is 0. The average Bonchev–Trinajstić information content (AvgIpc) is 2.97. The second-order valence-corrected chi connectivity index (χ2v) is 5.66. The molecular formula is C16H15F3N2O3. The van der Waals surface area contributed by atoms with Crippen LogP contribution in [-0.2, 0) is 12.8 Å². The quantitative estimate of drug-likeness (QED) is 0.898. The fraction of sp³-hybridized carbons (Fsp3) is 0.375. The molecule has 1 amide bonds. The first kappa shape index (κ1) is 16.5. The zero-order valence-electron chi connectivity index (χ0n) is 12.6. The summed E-state index contributed by atoms with van der Waals surface area (Å²) in [6.45, 7) is 0. The summed E-state index contributed by atoms with van der Waals surface area (Å²) in [6, 6.07) is 5.00. The van der Waals surface area contributed by atoms with E-state index in [1.54, 1.807) is 0 Å². The number of aromatic nitrogens is 1. The maximum absolute atomic E-state index is 12.6. The Morgan fingerprint density at radius 1 is 1.29 bits per heavy atom. The lowest BCUT2D eigenvalue weighted by atomic mass is 9.96. The second-order valence-electron chi connectivity index (χ2n) is 5.66. The number of carbonyl (C=O) groups excluding carboxylic acids is 1. The molecule has 0 saturated carbocycles. The summed E-state index contributed by atoms with van der Waals surface area (Å²) in [5.74, 6) is 0.146. The van der Waals surface area contributed by atoms with E-state index in [2.05, 4.69) is 10.5 Å². The standard InChI is InChI=1S/C16H15F3N2O3/c17-16(18,19)14(22)9-4-3-5-10(8-9)20-15(23)13-11-6-1-2-7-12(11)24-21-13/h3-5,8,14,22H,1-2,6-7H2,(H,20,23). The van der Waals surface area contributed by atoms with Crippen LogP contribution in [0, 0.1) is 0 Å². The van der Waals surface area contributed by atoms with Gasteiger partial charge in [-0.15, -0.1) is 0 Å². The van der Waals surface area contributed by atoms with Crippen molar-refractivity contribution in [2.24, 2.45) is 0 Å². The number of aryl methyl sites for hydroxylation is 1. The fourth-order valence-corrected chi connectivity index (χ4v) is 2.73. The normalized spacial score (nSPS) is 15.7. The first-order valence-electron chi connectivity index (χ1n) is 7.50. The number of hydrogen-bond donors (Lipinski definition) is 2. The van der Waals surface area contributed by atoms with Crippen molar-refractivity contribution < 1.29 is 27.6 Å². The third-order valence-electron chi connectivity index (χ3n) is 3.94. The number of amides is 1. The highest BCUT2D eigenvalue weighted by Gasteiger charge is 2.39. The van der Waals surface area contributed by atoms with Crippen LogP contribution in [0.5, 0.6) is 0 Å². The first-order valence-corrected chi connectivity index (χ1v) is 7.50. The van der Waals surface area contributed by atoms with Crippen LogP contribution >= 0.6 is 0 Å². The zero-order chi connectivity index (χ0) is 17.3. The molecule has 1 unspecified atom stereocenters. The van der Waals surface area contributed by atoms with Gasteiger partial charge in [-0.05, 0) is 37.0 Å². The van der Waals surface area contributed by atoms with Crippen LogP contribution in [0.3, 0.4) is 0 Å². The number of halogens is 3. The van der Waals surface area contributed by atoms with Crippen LogP contribution in [0.25, 0.3) is 0 Å². The number of aliphatic hydroxyl groups excluding tert-OH is 1. The Labute approximate surface area is 135 Å². The highest BCUT2D eigenvalue weighted by molar-refractivity contribution is 6.04. The van der Waals surface area contributed by atoms with Crippen LogP contribution in [-0.4, -0.2) is 22.3 Å². The lowest BCUT2D eigenvalue weighted by Crippen LogP contribution is -2.20. The SMILES string of the molecule is O=C(Nc1cccc(C(O)C(F)(F)F)c1)c1noc2c1CCCC2. The molecule has 1 atom stereocenters. The lowest BCUT2D eigenvalue weighted by molar-refractivity contribution is -0.206. The van der Waals surface area contributed by atoms with Crippen LogP contribution in [0.1, 0.15) is 46.3 Å². The van der Waals surface area contributed by atoms with Crippen molar-refractivity contribution in [1.82, 2.24) is 5.16 Å². The summed E-state index contributed by atoms with van der Waals surface area (Å²) in [6.07, 6.45) is -4.05. The molecule has 128 valence electrons. The third-order valence-corrected chi connectivity index (χ3v) is 3.94. The van der Waals surface area contributed by atoms with Gasteiger partial charge in [0.05, 0.1) is 0 Å². The van der Waals surface area contributed by atoms with Gasteiger partial charge in [0, 0.05) is 17.7 Å². The molecule has 2 N–H and O–H groups in total. The molecule has 0 aliphatic heterocycles. The number of hydrogen-bond acceptors (Lipinski definition) is 4. The Morgan fingerprint density at radius 3 is 2.79 bits per heavy atom. The Hall–Kier alpha value is -2.35. The van der Waals surface area contributed by atoms with Gasteiger partial charge in [-0.1, -0.05) is 17.3 Å². The molecule has 1 heterocycles. The molecule has 0 saturated heterocycles. The first-order chi connectivity index (χ1) is 11.4. The van der Waals surface area contributed by atoms with E-state index in [0.717, 1.165) is 37.0 Å². The minimum Gasteiger partial charge on any atom is -0.379 e. The fourth-order valence-electron chi connectivity index (χ4n) is 2.73. The third kappa shape index (κ3) is 3.28. The number of nitrogens with one attached hydrogen (secondary N) is 1. The monoisotopic (exact) mass is 340 g/mol. The van der Waals surface area contributed by atoms with Crippen LogP contribution in [0.4, 0.5) is 18.9 Å². The molecule has 1 aliphatic carbocycles. The molecule has 2 aromatic rings. The molecule has 3 rings (SSSR count). The molecule has 1 aliphatic rings. The zero-order valence-corrected chi connectivity index (χ0v) is 12.6. The van der Waals surface area contributed by atoms with Gasteiger partial charge in [-0.3, -0.25) is 4.79 Å². The van der Waals surface area contributed by atoms with Gasteiger partial charge in [0.25, 0.3) is 5.91 Å². The second kappa shape index (κ2) is 6.27.